The molecule has 1 saturated heterocycles. The molecule has 104 valence electrons. The molecule has 8 heteroatoms. The standard InChI is InChI=1S/C11H16ClN5O2/c1-13-8(18)7-5-3-4-6-17(7)10-14-9(12)15-11(16-10)19-2/h7H,3-6H2,1-2H3,(H,13,18). The van der Waals surface area contributed by atoms with E-state index in [0.717, 1.165) is 19.3 Å². The molecule has 1 aliphatic heterocycles. The van der Waals surface area contributed by atoms with E-state index in [2.05, 4.69) is 20.3 Å². The SMILES string of the molecule is CNC(=O)C1CCCCN1c1nc(Cl)nc(OC)n1. The van der Waals surface area contributed by atoms with Crippen molar-refractivity contribution in [3.05, 3.63) is 5.28 Å². The zero-order valence-corrected chi connectivity index (χ0v) is 11.6. The van der Waals surface area contributed by atoms with Crippen molar-refractivity contribution >= 4 is 23.5 Å². The molecule has 1 aliphatic rings. The maximum Gasteiger partial charge on any atom is 0.322 e. The molecule has 1 aromatic rings. The fraction of sp³-hybridized carbons (Fsp3) is 0.636. The second kappa shape index (κ2) is 6.01. The molecule has 2 rings (SSSR count). The molecule has 1 unspecified atom stereocenters. The van der Waals surface area contributed by atoms with Gasteiger partial charge >= 0.3 is 6.01 Å². The van der Waals surface area contributed by atoms with Crippen LogP contribution in [0.25, 0.3) is 0 Å². The van der Waals surface area contributed by atoms with Gasteiger partial charge in [-0.05, 0) is 30.9 Å². The summed E-state index contributed by atoms with van der Waals surface area (Å²) in [6.45, 7) is 0.710. The molecule has 1 N–H and O–H groups in total. The van der Waals surface area contributed by atoms with Crippen molar-refractivity contribution in [2.75, 3.05) is 25.6 Å². The average Bonchev–Trinajstić information content (AvgIpc) is 2.45. The van der Waals surface area contributed by atoms with Crippen molar-refractivity contribution in [2.24, 2.45) is 0 Å². The Kier molecular flexibility index (Phi) is 4.36. The number of carbonyl (C=O) groups is 1. The lowest BCUT2D eigenvalue weighted by Gasteiger charge is -2.34. The maximum atomic E-state index is 11.9. The Morgan fingerprint density at radius 3 is 2.89 bits per heavy atom. The van der Waals surface area contributed by atoms with Gasteiger partial charge in [-0.15, -0.1) is 0 Å². The van der Waals surface area contributed by atoms with E-state index in [1.807, 2.05) is 4.90 Å². The van der Waals surface area contributed by atoms with Crippen molar-refractivity contribution < 1.29 is 9.53 Å². The fourth-order valence-electron chi connectivity index (χ4n) is 2.15. The van der Waals surface area contributed by atoms with Gasteiger partial charge in [0, 0.05) is 13.6 Å². The van der Waals surface area contributed by atoms with Crippen LogP contribution in [0.3, 0.4) is 0 Å². The van der Waals surface area contributed by atoms with Crippen LogP contribution >= 0.6 is 11.6 Å². The van der Waals surface area contributed by atoms with Gasteiger partial charge in [0.2, 0.25) is 17.1 Å². The number of likely N-dealkylation sites (N-methyl/N-ethyl adjacent to an activating group) is 1. The van der Waals surface area contributed by atoms with Gasteiger partial charge in [-0.2, -0.15) is 15.0 Å². The Hall–Kier alpha value is -1.63. The van der Waals surface area contributed by atoms with Gasteiger partial charge in [-0.1, -0.05) is 0 Å². The first kappa shape index (κ1) is 13.8. The second-order valence-corrected chi connectivity index (χ2v) is 4.55. The second-order valence-electron chi connectivity index (χ2n) is 4.21. The number of rotatable bonds is 3. The quantitative estimate of drug-likeness (QED) is 0.878. The van der Waals surface area contributed by atoms with Crippen molar-refractivity contribution in [1.29, 1.82) is 0 Å². The Morgan fingerprint density at radius 1 is 1.42 bits per heavy atom. The molecule has 0 aliphatic carbocycles. The molecule has 0 bridgehead atoms. The summed E-state index contributed by atoms with van der Waals surface area (Å²) in [6, 6.07) is -0.127. The highest BCUT2D eigenvalue weighted by Crippen LogP contribution is 2.24. The predicted molar refractivity (Wildman–Crippen MR) is 70.4 cm³/mol. The molecule has 0 spiro atoms. The Labute approximate surface area is 116 Å². The molecule has 1 fully saturated rings. The number of hydrogen-bond donors (Lipinski definition) is 1. The van der Waals surface area contributed by atoms with Gasteiger partial charge in [0.05, 0.1) is 7.11 Å². The van der Waals surface area contributed by atoms with Crippen LogP contribution in [0.2, 0.25) is 5.28 Å². The summed E-state index contributed by atoms with van der Waals surface area (Å²) in [6.07, 6.45) is 2.76. The van der Waals surface area contributed by atoms with Crippen LogP contribution in [0.4, 0.5) is 5.95 Å². The molecule has 1 atom stereocenters. The third kappa shape index (κ3) is 3.04. The lowest BCUT2D eigenvalue weighted by Crippen LogP contribution is -2.49. The first-order chi connectivity index (χ1) is 9.15. The number of ether oxygens (including phenoxy) is 1. The highest BCUT2D eigenvalue weighted by atomic mass is 35.5. The van der Waals surface area contributed by atoms with Crippen LogP contribution in [0.1, 0.15) is 19.3 Å². The van der Waals surface area contributed by atoms with E-state index < -0.39 is 0 Å². The molecule has 0 saturated carbocycles. The summed E-state index contributed by atoms with van der Waals surface area (Å²) in [5, 5.41) is 2.72. The molecule has 0 radical (unpaired) electrons. The van der Waals surface area contributed by atoms with E-state index >= 15 is 0 Å². The summed E-state index contributed by atoms with van der Waals surface area (Å²) >= 11 is 5.84. The fourth-order valence-corrected chi connectivity index (χ4v) is 2.30. The van der Waals surface area contributed by atoms with Crippen molar-refractivity contribution in [3.8, 4) is 6.01 Å². The van der Waals surface area contributed by atoms with E-state index in [1.165, 1.54) is 7.11 Å². The zero-order chi connectivity index (χ0) is 13.8. The molecule has 1 aromatic heterocycles. The van der Waals surface area contributed by atoms with Gasteiger partial charge < -0.3 is 15.0 Å². The number of nitrogens with one attached hydrogen (secondary N) is 1. The lowest BCUT2D eigenvalue weighted by atomic mass is 10.0. The third-order valence-corrected chi connectivity index (χ3v) is 3.24. The molecule has 2 heterocycles. The smallest absolute Gasteiger partial charge is 0.322 e. The van der Waals surface area contributed by atoms with Crippen LogP contribution in [0, 0.1) is 0 Å². The minimum absolute atomic E-state index is 0.0461. The summed E-state index contributed by atoms with van der Waals surface area (Å²) < 4.78 is 4.97. The van der Waals surface area contributed by atoms with E-state index in [-0.39, 0.29) is 23.2 Å². The number of carbonyl (C=O) groups excluding carboxylic acids is 1. The lowest BCUT2D eigenvalue weighted by molar-refractivity contribution is -0.122. The van der Waals surface area contributed by atoms with Crippen LogP contribution in [0.5, 0.6) is 6.01 Å². The van der Waals surface area contributed by atoms with E-state index in [4.69, 9.17) is 16.3 Å². The highest BCUT2D eigenvalue weighted by molar-refractivity contribution is 6.28. The summed E-state index contributed by atoms with van der Waals surface area (Å²) in [5.74, 6) is 0.334. The number of hydrogen-bond acceptors (Lipinski definition) is 6. The first-order valence-corrected chi connectivity index (χ1v) is 6.47. The molecule has 7 nitrogen and oxygen atoms in total. The molecule has 0 aromatic carbocycles. The number of piperidine rings is 1. The van der Waals surface area contributed by atoms with Gasteiger partial charge in [0.25, 0.3) is 0 Å². The van der Waals surface area contributed by atoms with Crippen molar-refractivity contribution in [1.82, 2.24) is 20.3 Å². The third-order valence-electron chi connectivity index (χ3n) is 3.07. The van der Waals surface area contributed by atoms with Crippen LogP contribution < -0.4 is 15.0 Å². The van der Waals surface area contributed by atoms with Crippen LogP contribution in [-0.2, 0) is 4.79 Å². The normalized spacial score (nSPS) is 19.1. The number of anilines is 1. The average molecular weight is 286 g/mol. The molecule has 1 amide bonds. The maximum absolute atomic E-state index is 11.9. The van der Waals surface area contributed by atoms with E-state index in [9.17, 15) is 4.79 Å². The minimum Gasteiger partial charge on any atom is -0.467 e. The highest BCUT2D eigenvalue weighted by Gasteiger charge is 2.30. The Bertz CT molecular complexity index is 470. The first-order valence-electron chi connectivity index (χ1n) is 6.09. The summed E-state index contributed by atoms with van der Waals surface area (Å²) in [5.41, 5.74) is 0. The van der Waals surface area contributed by atoms with E-state index in [1.54, 1.807) is 7.05 Å². The van der Waals surface area contributed by atoms with Crippen LogP contribution in [-0.4, -0.2) is 47.6 Å². The Balaban J connectivity index is 2.31. The minimum atomic E-state index is -0.276. The van der Waals surface area contributed by atoms with Gasteiger partial charge in [0.15, 0.2) is 0 Å². The van der Waals surface area contributed by atoms with Crippen LogP contribution in [0.15, 0.2) is 0 Å². The van der Waals surface area contributed by atoms with Gasteiger partial charge in [-0.25, -0.2) is 0 Å². The predicted octanol–water partition coefficient (Wildman–Crippen LogP) is 0.638. The molecule has 19 heavy (non-hydrogen) atoms. The summed E-state index contributed by atoms with van der Waals surface area (Å²) in [7, 11) is 3.08. The van der Waals surface area contributed by atoms with E-state index in [0.29, 0.717) is 12.5 Å². The Morgan fingerprint density at radius 2 is 2.21 bits per heavy atom. The van der Waals surface area contributed by atoms with Crippen molar-refractivity contribution in [2.45, 2.75) is 25.3 Å². The van der Waals surface area contributed by atoms with Crippen molar-refractivity contribution in [3.63, 3.8) is 0 Å². The number of aromatic nitrogens is 3. The topological polar surface area (TPSA) is 80.2 Å². The van der Waals surface area contributed by atoms with Gasteiger partial charge in [-0.3, -0.25) is 4.79 Å². The monoisotopic (exact) mass is 285 g/mol. The number of amides is 1. The van der Waals surface area contributed by atoms with Gasteiger partial charge in [0.1, 0.15) is 6.04 Å². The molecular weight excluding hydrogens is 270 g/mol. The largest absolute Gasteiger partial charge is 0.467 e. The zero-order valence-electron chi connectivity index (χ0n) is 10.9. The number of nitrogens with zero attached hydrogens (tertiary/aromatic N) is 4. The molecular formula is C11H16ClN5O2. The summed E-state index contributed by atoms with van der Waals surface area (Å²) in [4.78, 5) is 25.8. The number of methoxy groups -OCH3 is 1. The number of halogens is 1.